The first-order valence-corrected chi connectivity index (χ1v) is 13.6. The van der Waals surface area contributed by atoms with Gasteiger partial charge in [-0.25, -0.2) is 8.37 Å². The van der Waals surface area contributed by atoms with Gasteiger partial charge in [-0.2, -0.15) is 8.42 Å². The Hall–Kier alpha value is 0.300. The van der Waals surface area contributed by atoms with Crippen molar-refractivity contribution in [3.8, 4) is 0 Å². The summed E-state index contributed by atoms with van der Waals surface area (Å²) in [5.74, 6) is 0. The zero-order valence-corrected chi connectivity index (χ0v) is 18.7. The minimum Gasteiger partial charge on any atom is -0.248 e. The molecule has 0 atom stereocenters. The third-order valence-electron chi connectivity index (χ3n) is 4.15. The molecule has 0 aliphatic rings. The summed E-state index contributed by atoms with van der Waals surface area (Å²) in [5.41, 5.74) is 0. The molecule has 0 radical (unpaired) electrons. The average Bonchev–Trinajstić information content (AvgIpc) is 2.55. The van der Waals surface area contributed by atoms with Crippen molar-refractivity contribution >= 4 is 17.7 Å². The van der Waals surface area contributed by atoms with E-state index in [0.717, 1.165) is 0 Å². The van der Waals surface area contributed by atoms with Gasteiger partial charge in [-0.05, 0) is 40.0 Å². The van der Waals surface area contributed by atoms with Gasteiger partial charge in [0, 0.05) is 7.26 Å². The van der Waals surface area contributed by atoms with Crippen molar-refractivity contribution in [1.82, 2.24) is 0 Å². The third kappa shape index (κ3) is 14.6. The number of hydrogen-bond acceptors (Lipinski definition) is 4. The zero-order chi connectivity index (χ0) is 18.9. The smallest absolute Gasteiger partial charge is 0.248 e. The lowest BCUT2D eigenvalue weighted by Crippen LogP contribution is -2.11. The quantitative estimate of drug-likeness (QED) is 0.358. The second-order valence-electron chi connectivity index (χ2n) is 6.11. The van der Waals surface area contributed by atoms with Gasteiger partial charge < -0.3 is 0 Å². The first-order chi connectivity index (χ1) is 11.4. The van der Waals surface area contributed by atoms with E-state index in [1.807, 2.05) is 0 Å². The monoisotopic (exact) mass is 385 g/mol. The maximum atomic E-state index is 10.4. The van der Waals surface area contributed by atoms with Crippen LogP contribution in [-0.2, 0) is 18.8 Å². The highest BCUT2D eigenvalue weighted by atomic mass is 32.3. The van der Waals surface area contributed by atoms with E-state index in [-0.39, 0.29) is 13.2 Å². The van der Waals surface area contributed by atoms with Crippen LogP contribution in [0.25, 0.3) is 0 Å². The van der Waals surface area contributed by atoms with E-state index in [0.29, 0.717) is 0 Å². The van der Waals surface area contributed by atoms with Crippen LogP contribution in [-0.4, -0.2) is 46.3 Å². The molecule has 0 heterocycles. The Morgan fingerprint density at radius 3 is 1.21 bits per heavy atom. The van der Waals surface area contributed by atoms with Crippen LogP contribution in [0.15, 0.2) is 0 Å². The van der Waals surface area contributed by atoms with Gasteiger partial charge in [0.15, 0.2) is 0 Å². The predicted molar refractivity (Wildman–Crippen MR) is 109 cm³/mol. The molecule has 0 aromatic carbocycles. The maximum absolute atomic E-state index is 10.4. The molecule has 0 spiro atoms. The Kier molecular flexibility index (Phi) is 18.5. The molecule has 6 heteroatoms. The molecule has 0 N–H and O–H groups in total. The van der Waals surface area contributed by atoms with Crippen molar-refractivity contribution in [2.75, 3.05) is 37.9 Å². The predicted octanol–water partition coefficient (Wildman–Crippen LogP) is 5.73. The second-order valence-corrected chi connectivity index (χ2v) is 12.1. The van der Waals surface area contributed by atoms with Gasteiger partial charge in [-0.1, -0.05) is 40.0 Å². The zero-order valence-electron chi connectivity index (χ0n) is 17.0. The van der Waals surface area contributed by atoms with E-state index in [9.17, 15) is 8.42 Å². The minimum atomic E-state index is -3.68. The Balaban J connectivity index is 0. The molecule has 4 nitrogen and oxygen atoms in total. The van der Waals surface area contributed by atoms with Crippen LogP contribution >= 0.6 is 7.26 Å². The molecule has 0 aliphatic heterocycles. The summed E-state index contributed by atoms with van der Waals surface area (Å²) in [7, 11) is -4.21. The van der Waals surface area contributed by atoms with E-state index < -0.39 is 17.7 Å². The molecule has 0 bridgehead atoms. The van der Waals surface area contributed by atoms with Gasteiger partial charge in [-0.15, -0.1) is 0 Å². The van der Waals surface area contributed by atoms with Crippen LogP contribution in [0.2, 0.25) is 0 Å². The van der Waals surface area contributed by atoms with E-state index >= 15 is 0 Å². The molecular formula is C18H42O4PS+. The van der Waals surface area contributed by atoms with Gasteiger partial charge in [0.05, 0.1) is 37.9 Å². The first kappa shape index (κ1) is 26.5. The van der Waals surface area contributed by atoms with Gasteiger partial charge in [-0.3, -0.25) is 0 Å². The SMILES string of the molecule is CCCC[P+](CC)(CCCC)CCCC.CCOS(=O)(=O)OCC. The maximum Gasteiger partial charge on any atom is 0.399 e. The van der Waals surface area contributed by atoms with Crippen molar-refractivity contribution in [2.45, 2.75) is 80.1 Å². The summed E-state index contributed by atoms with van der Waals surface area (Å²) in [5, 5.41) is 0. The van der Waals surface area contributed by atoms with Gasteiger partial charge in [0.25, 0.3) is 0 Å². The van der Waals surface area contributed by atoms with Crippen molar-refractivity contribution in [2.24, 2.45) is 0 Å². The molecule has 0 rings (SSSR count). The Morgan fingerprint density at radius 2 is 1.00 bits per heavy atom. The van der Waals surface area contributed by atoms with Crippen LogP contribution in [0.5, 0.6) is 0 Å². The van der Waals surface area contributed by atoms with Crippen molar-refractivity contribution in [1.29, 1.82) is 0 Å². The molecule has 0 saturated carbocycles. The highest BCUT2D eigenvalue weighted by Gasteiger charge is 2.32. The van der Waals surface area contributed by atoms with Crippen LogP contribution < -0.4 is 0 Å². The van der Waals surface area contributed by atoms with E-state index in [4.69, 9.17) is 0 Å². The number of unbranched alkanes of at least 4 members (excludes halogenated alkanes) is 3. The number of hydrogen-bond donors (Lipinski definition) is 0. The minimum absolute atomic E-state index is 0.113. The van der Waals surface area contributed by atoms with Crippen molar-refractivity contribution < 1.29 is 16.8 Å². The molecule has 0 unspecified atom stereocenters. The standard InChI is InChI=1S/C14H32P.C4H10O4S/c1-5-9-12-15(8-4,13-10-6-2)14-11-7-3;1-3-7-9(5,6)8-4-2/h5-14H2,1-4H3;3-4H2,1-2H3/q+1;. The molecule has 0 fully saturated rings. The fraction of sp³-hybridized carbons (Fsp3) is 1.00. The molecular weight excluding hydrogens is 343 g/mol. The summed E-state index contributed by atoms with van der Waals surface area (Å²) in [6, 6.07) is 0. The van der Waals surface area contributed by atoms with E-state index in [1.165, 1.54) is 44.7 Å². The fourth-order valence-corrected chi connectivity index (χ4v) is 7.84. The van der Waals surface area contributed by atoms with Crippen LogP contribution in [0.4, 0.5) is 0 Å². The van der Waals surface area contributed by atoms with E-state index in [1.54, 1.807) is 32.3 Å². The second kappa shape index (κ2) is 16.8. The lowest BCUT2D eigenvalue weighted by atomic mass is 10.4. The number of rotatable bonds is 14. The normalized spacial score (nSPS) is 11.9. The van der Waals surface area contributed by atoms with Crippen LogP contribution in [0.3, 0.4) is 0 Å². The third-order valence-corrected chi connectivity index (χ3v) is 10.3. The highest BCUT2D eigenvalue weighted by molar-refractivity contribution is 7.81. The average molecular weight is 386 g/mol. The summed E-state index contributed by atoms with van der Waals surface area (Å²) in [6.45, 7) is 12.9. The van der Waals surface area contributed by atoms with Crippen LogP contribution in [0.1, 0.15) is 80.1 Å². The van der Waals surface area contributed by atoms with Gasteiger partial charge >= 0.3 is 10.4 Å². The molecule has 0 aromatic rings. The lowest BCUT2D eigenvalue weighted by Gasteiger charge is -2.26. The summed E-state index contributed by atoms with van der Waals surface area (Å²) >= 11 is 0. The summed E-state index contributed by atoms with van der Waals surface area (Å²) < 4.78 is 29.2. The Morgan fingerprint density at radius 1 is 0.667 bits per heavy atom. The summed E-state index contributed by atoms with van der Waals surface area (Å²) in [4.78, 5) is 0. The first-order valence-electron chi connectivity index (χ1n) is 9.75. The van der Waals surface area contributed by atoms with E-state index in [2.05, 4.69) is 36.1 Å². The van der Waals surface area contributed by atoms with Crippen molar-refractivity contribution in [3.63, 3.8) is 0 Å². The molecule has 0 amide bonds. The highest BCUT2D eigenvalue weighted by Crippen LogP contribution is 2.60. The van der Waals surface area contributed by atoms with Crippen molar-refractivity contribution in [3.05, 3.63) is 0 Å². The molecule has 0 saturated heterocycles. The molecule has 24 heavy (non-hydrogen) atoms. The Bertz CT molecular complexity index is 324. The molecule has 148 valence electrons. The van der Waals surface area contributed by atoms with Crippen LogP contribution in [0, 0.1) is 0 Å². The Labute approximate surface area is 152 Å². The fourth-order valence-electron chi connectivity index (χ4n) is 2.61. The lowest BCUT2D eigenvalue weighted by molar-refractivity contribution is 0.231. The molecule has 0 aliphatic carbocycles. The topological polar surface area (TPSA) is 52.6 Å². The largest absolute Gasteiger partial charge is 0.399 e. The van der Waals surface area contributed by atoms with Gasteiger partial charge in [0.1, 0.15) is 0 Å². The van der Waals surface area contributed by atoms with Gasteiger partial charge in [0.2, 0.25) is 0 Å². The summed E-state index contributed by atoms with van der Waals surface area (Å²) in [6.07, 6.45) is 14.9. The molecule has 0 aromatic heterocycles.